The Hall–Kier alpha value is -3.29. The Kier molecular flexibility index (Phi) is 5.60. The third-order valence-corrected chi connectivity index (χ3v) is 6.55. The van der Waals surface area contributed by atoms with Gasteiger partial charge in [-0.3, -0.25) is 19.3 Å². The van der Waals surface area contributed by atoms with Gasteiger partial charge in [0.2, 0.25) is 0 Å². The molecule has 2 aliphatic rings. The second-order valence-corrected chi connectivity index (χ2v) is 9.15. The van der Waals surface area contributed by atoms with E-state index in [1.165, 1.54) is 9.91 Å². The number of fused-ring (bicyclic) bond motifs is 1. The number of anilines is 1. The summed E-state index contributed by atoms with van der Waals surface area (Å²) in [5.41, 5.74) is 3.31. The van der Waals surface area contributed by atoms with E-state index in [1.54, 1.807) is 36.4 Å². The number of hydrogen-bond acceptors (Lipinski definition) is 4. The number of benzene rings is 3. The molecule has 6 nitrogen and oxygen atoms in total. The van der Waals surface area contributed by atoms with Gasteiger partial charge in [0.1, 0.15) is 6.54 Å². The second-order valence-electron chi connectivity index (χ2n) is 7.80. The molecule has 0 saturated carbocycles. The molecule has 2 heterocycles. The highest BCUT2D eigenvalue weighted by Crippen LogP contribution is 2.35. The van der Waals surface area contributed by atoms with E-state index in [0.29, 0.717) is 22.7 Å². The van der Waals surface area contributed by atoms with Crippen LogP contribution in [0.1, 0.15) is 33.9 Å². The van der Waals surface area contributed by atoms with E-state index in [2.05, 4.69) is 21.0 Å². The molecule has 1 atom stereocenters. The molecule has 0 bridgehead atoms. The van der Waals surface area contributed by atoms with E-state index in [-0.39, 0.29) is 18.5 Å². The molecule has 164 valence electrons. The van der Waals surface area contributed by atoms with Gasteiger partial charge in [-0.05, 0) is 47.5 Å². The van der Waals surface area contributed by atoms with Gasteiger partial charge in [-0.2, -0.15) is 5.10 Å². The number of halogens is 2. The maximum atomic E-state index is 13.4. The molecule has 0 N–H and O–H groups in total. The minimum atomic E-state index is -0.705. The van der Waals surface area contributed by atoms with Crippen LogP contribution in [0.3, 0.4) is 0 Å². The summed E-state index contributed by atoms with van der Waals surface area (Å²) in [6.45, 7) is -0.275. The lowest BCUT2D eigenvalue weighted by Gasteiger charge is -2.24. The number of hydrogen-bond donors (Lipinski definition) is 0. The predicted molar refractivity (Wildman–Crippen MR) is 129 cm³/mol. The second kappa shape index (κ2) is 8.57. The third-order valence-electron chi connectivity index (χ3n) is 5.77. The summed E-state index contributed by atoms with van der Waals surface area (Å²) in [7, 11) is 0. The highest BCUT2D eigenvalue weighted by Gasteiger charge is 2.39. The first-order valence-electron chi connectivity index (χ1n) is 10.3. The number of Topliss-reactive ketones (excluding diaryl/α,β-unsaturated/α-hetero) is 1. The predicted octanol–water partition coefficient (Wildman–Crippen LogP) is 5.01. The van der Waals surface area contributed by atoms with E-state index in [1.807, 2.05) is 36.4 Å². The number of hydrazone groups is 1. The van der Waals surface area contributed by atoms with Gasteiger partial charge >= 0.3 is 0 Å². The molecule has 1 unspecified atom stereocenters. The van der Waals surface area contributed by atoms with E-state index in [9.17, 15) is 14.4 Å². The molecular weight excluding hydrogens is 506 g/mol. The fourth-order valence-electron chi connectivity index (χ4n) is 4.11. The number of carbonyl (C=O) groups excluding carboxylic acids is 3. The molecule has 8 heteroatoms. The highest BCUT2D eigenvalue weighted by molar-refractivity contribution is 9.10. The van der Waals surface area contributed by atoms with E-state index in [4.69, 9.17) is 11.6 Å². The minimum absolute atomic E-state index is 0.275. The topological polar surface area (TPSA) is 70.1 Å². The van der Waals surface area contributed by atoms with E-state index < -0.39 is 11.7 Å². The van der Waals surface area contributed by atoms with Crippen LogP contribution in [0, 0.1) is 0 Å². The normalized spacial score (nSPS) is 17.4. The molecule has 0 fully saturated rings. The summed E-state index contributed by atoms with van der Waals surface area (Å²) < 4.78 is 0.947. The number of ketones is 1. The fourth-order valence-corrected chi connectivity index (χ4v) is 4.50. The SMILES string of the molecule is O=C1C(=O)N(CC(=O)N2N=C(c3ccc(Br)cc3)CC2c2ccc(Cl)cc2)c2ccccc21. The van der Waals surface area contributed by atoms with Gasteiger partial charge in [-0.1, -0.05) is 63.9 Å². The van der Waals surface area contributed by atoms with Crippen molar-refractivity contribution in [1.82, 2.24) is 5.01 Å². The first-order valence-corrected chi connectivity index (χ1v) is 11.5. The molecule has 0 spiro atoms. The van der Waals surface area contributed by atoms with Gasteiger partial charge < -0.3 is 0 Å². The smallest absolute Gasteiger partial charge is 0.295 e. The van der Waals surface area contributed by atoms with Crippen LogP contribution in [0.25, 0.3) is 0 Å². The molecule has 2 aliphatic heterocycles. The van der Waals surface area contributed by atoms with Gasteiger partial charge in [0.25, 0.3) is 17.6 Å². The van der Waals surface area contributed by atoms with Crippen molar-refractivity contribution in [1.29, 1.82) is 0 Å². The molecule has 0 saturated heterocycles. The van der Waals surface area contributed by atoms with Crippen molar-refractivity contribution in [2.24, 2.45) is 5.10 Å². The summed E-state index contributed by atoms with van der Waals surface area (Å²) in [5.74, 6) is -1.68. The van der Waals surface area contributed by atoms with Crippen molar-refractivity contribution >= 4 is 56.5 Å². The van der Waals surface area contributed by atoms with E-state index in [0.717, 1.165) is 21.3 Å². The number of nitrogens with zero attached hydrogens (tertiary/aromatic N) is 3. The Morgan fingerprint density at radius 1 is 1.00 bits per heavy atom. The fraction of sp³-hybridized carbons (Fsp3) is 0.120. The number of rotatable bonds is 4. The van der Waals surface area contributed by atoms with Crippen LogP contribution in [0.5, 0.6) is 0 Å². The van der Waals surface area contributed by atoms with E-state index >= 15 is 0 Å². The first kappa shape index (κ1) is 21.6. The standard InChI is InChI=1S/C25H17BrClN3O3/c26-17-9-5-15(6-10-17)20-13-22(16-7-11-18(27)12-8-16)30(28-20)23(31)14-29-21-4-2-1-3-19(21)24(32)25(29)33/h1-12,22H,13-14H2. The molecule has 3 aromatic rings. The molecule has 0 aromatic heterocycles. The summed E-state index contributed by atoms with van der Waals surface area (Å²) in [5, 5.41) is 6.65. The zero-order chi connectivity index (χ0) is 23.1. The van der Waals surface area contributed by atoms with Crippen LogP contribution >= 0.6 is 27.5 Å². The minimum Gasteiger partial charge on any atom is -0.295 e. The maximum absolute atomic E-state index is 13.4. The van der Waals surface area contributed by atoms with Gasteiger partial charge in [-0.25, -0.2) is 5.01 Å². The Morgan fingerprint density at radius 3 is 2.42 bits per heavy atom. The lowest BCUT2D eigenvalue weighted by Crippen LogP contribution is -2.40. The summed E-state index contributed by atoms with van der Waals surface area (Å²) in [6.07, 6.45) is 0.512. The first-order chi connectivity index (χ1) is 15.9. The van der Waals surface area contributed by atoms with Crippen molar-refractivity contribution in [2.45, 2.75) is 12.5 Å². The molecule has 33 heavy (non-hydrogen) atoms. The third kappa shape index (κ3) is 3.98. The Balaban J connectivity index is 1.47. The Bertz CT molecular complexity index is 1310. The monoisotopic (exact) mass is 521 g/mol. The van der Waals surface area contributed by atoms with Crippen LogP contribution in [-0.4, -0.2) is 34.9 Å². The van der Waals surface area contributed by atoms with Crippen LogP contribution in [0.15, 0.2) is 82.4 Å². The van der Waals surface area contributed by atoms with Crippen LogP contribution < -0.4 is 4.90 Å². The molecule has 5 rings (SSSR count). The van der Waals surface area contributed by atoms with Crippen LogP contribution in [-0.2, 0) is 9.59 Å². The number of para-hydroxylation sites is 1. The highest BCUT2D eigenvalue weighted by atomic mass is 79.9. The Morgan fingerprint density at radius 2 is 1.70 bits per heavy atom. The van der Waals surface area contributed by atoms with Crippen molar-refractivity contribution in [3.05, 3.63) is 99.0 Å². The van der Waals surface area contributed by atoms with Crippen molar-refractivity contribution in [3.63, 3.8) is 0 Å². The number of amides is 2. The average Bonchev–Trinajstić information content (AvgIpc) is 3.37. The molecule has 0 aliphatic carbocycles. The van der Waals surface area contributed by atoms with Crippen molar-refractivity contribution < 1.29 is 14.4 Å². The lowest BCUT2D eigenvalue weighted by atomic mass is 9.98. The van der Waals surface area contributed by atoms with Gasteiger partial charge in [0.15, 0.2) is 0 Å². The molecule has 3 aromatic carbocycles. The summed E-state index contributed by atoms with van der Waals surface area (Å²) in [6, 6.07) is 21.3. The average molecular weight is 523 g/mol. The Labute approximate surface area is 203 Å². The molecule has 0 radical (unpaired) electrons. The van der Waals surface area contributed by atoms with Crippen LogP contribution in [0.4, 0.5) is 5.69 Å². The van der Waals surface area contributed by atoms with Gasteiger partial charge in [0, 0.05) is 15.9 Å². The quantitative estimate of drug-likeness (QED) is 0.452. The summed E-state index contributed by atoms with van der Waals surface area (Å²) >= 11 is 9.49. The molecule has 2 amide bonds. The van der Waals surface area contributed by atoms with Crippen LogP contribution in [0.2, 0.25) is 5.02 Å². The zero-order valence-electron chi connectivity index (χ0n) is 17.2. The summed E-state index contributed by atoms with van der Waals surface area (Å²) in [4.78, 5) is 39.6. The van der Waals surface area contributed by atoms with Gasteiger partial charge in [-0.15, -0.1) is 0 Å². The van der Waals surface area contributed by atoms with Gasteiger partial charge in [0.05, 0.1) is 23.0 Å². The van der Waals surface area contributed by atoms with Crippen molar-refractivity contribution in [3.8, 4) is 0 Å². The lowest BCUT2D eigenvalue weighted by molar-refractivity contribution is -0.132. The largest absolute Gasteiger partial charge is 0.299 e. The molecular formula is C25H17BrClN3O3. The number of carbonyl (C=O) groups is 3. The maximum Gasteiger partial charge on any atom is 0.299 e. The van der Waals surface area contributed by atoms with Crippen molar-refractivity contribution in [2.75, 3.05) is 11.4 Å². The zero-order valence-corrected chi connectivity index (χ0v) is 19.6.